The first kappa shape index (κ1) is 10.8. The lowest BCUT2D eigenvalue weighted by Gasteiger charge is -2.18. The van der Waals surface area contributed by atoms with Gasteiger partial charge in [0.25, 0.3) is 0 Å². The monoisotopic (exact) mass is 213 g/mol. The Morgan fingerprint density at radius 2 is 2.19 bits per heavy atom. The largest absolute Gasteiger partial charge is 0.386 e. The standard InChI is InChI=1S/C14H15NO/c1-4-6-10-9-15-13-11(10)7-5-8-12(13)14(2,3)16/h1,5,7-9,15-16H,6H2,2-3H3. The Hall–Kier alpha value is -1.72. The average molecular weight is 213 g/mol. The van der Waals surface area contributed by atoms with E-state index in [1.54, 1.807) is 13.8 Å². The van der Waals surface area contributed by atoms with Crippen LogP contribution in [-0.2, 0) is 12.0 Å². The summed E-state index contributed by atoms with van der Waals surface area (Å²) in [5.41, 5.74) is 2.12. The normalized spacial score (nSPS) is 11.6. The number of benzene rings is 1. The van der Waals surface area contributed by atoms with E-state index in [1.807, 2.05) is 24.4 Å². The van der Waals surface area contributed by atoms with Crippen molar-refractivity contribution in [1.29, 1.82) is 0 Å². The summed E-state index contributed by atoms with van der Waals surface area (Å²) in [5, 5.41) is 11.2. The molecule has 0 aliphatic heterocycles. The minimum atomic E-state index is -0.849. The molecule has 2 nitrogen and oxygen atoms in total. The molecule has 0 amide bonds. The van der Waals surface area contributed by atoms with E-state index < -0.39 is 5.60 Å². The zero-order valence-corrected chi connectivity index (χ0v) is 9.54. The van der Waals surface area contributed by atoms with Gasteiger partial charge in [-0.2, -0.15) is 0 Å². The number of fused-ring (bicyclic) bond motifs is 1. The van der Waals surface area contributed by atoms with E-state index in [4.69, 9.17) is 6.42 Å². The topological polar surface area (TPSA) is 36.0 Å². The zero-order valence-electron chi connectivity index (χ0n) is 9.54. The third kappa shape index (κ3) is 1.70. The van der Waals surface area contributed by atoms with Gasteiger partial charge < -0.3 is 10.1 Å². The van der Waals surface area contributed by atoms with Crippen LogP contribution in [0.15, 0.2) is 24.4 Å². The van der Waals surface area contributed by atoms with Gasteiger partial charge in [-0.25, -0.2) is 0 Å². The Morgan fingerprint density at radius 1 is 1.44 bits per heavy atom. The van der Waals surface area contributed by atoms with Crippen molar-refractivity contribution in [2.45, 2.75) is 25.9 Å². The van der Waals surface area contributed by atoms with Crippen LogP contribution >= 0.6 is 0 Å². The van der Waals surface area contributed by atoms with Gasteiger partial charge in [0, 0.05) is 23.6 Å². The molecular weight excluding hydrogens is 198 g/mol. The van der Waals surface area contributed by atoms with Gasteiger partial charge in [-0.15, -0.1) is 12.3 Å². The van der Waals surface area contributed by atoms with Gasteiger partial charge in [-0.05, 0) is 19.4 Å². The molecule has 2 N–H and O–H groups in total. The van der Waals surface area contributed by atoms with Crippen molar-refractivity contribution in [2.24, 2.45) is 0 Å². The fourth-order valence-corrected chi connectivity index (χ4v) is 1.98. The van der Waals surface area contributed by atoms with E-state index in [-0.39, 0.29) is 0 Å². The van der Waals surface area contributed by atoms with Crippen LogP contribution in [0.4, 0.5) is 0 Å². The summed E-state index contributed by atoms with van der Waals surface area (Å²) in [6.45, 7) is 3.56. The van der Waals surface area contributed by atoms with Gasteiger partial charge in [-0.3, -0.25) is 0 Å². The second kappa shape index (κ2) is 3.70. The van der Waals surface area contributed by atoms with Crippen molar-refractivity contribution in [3.8, 4) is 12.3 Å². The SMILES string of the molecule is C#CCc1c[nH]c2c(C(C)(C)O)cccc12. The number of H-pyrrole nitrogens is 1. The predicted octanol–water partition coefficient (Wildman–Crippen LogP) is 2.57. The molecule has 0 unspecified atom stereocenters. The van der Waals surface area contributed by atoms with Crippen molar-refractivity contribution in [1.82, 2.24) is 4.98 Å². The predicted molar refractivity (Wildman–Crippen MR) is 66.1 cm³/mol. The smallest absolute Gasteiger partial charge is 0.0860 e. The summed E-state index contributed by atoms with van der Waals surface area (Å²) in [4.78, 5) is 3.19. The third-order valence-electron chi connectivity index (χ3n) is 2.75. The second-order valence-electron chi connectivity index (χ2n) is 4.48. The van der Waals surface area contributed by atoms with Crippen LogP contribution in [-0.4, -0.2) is 10.1 Å². The molecule has 0 saturated carbocycles. The maximum absolute atomic E-state index is 10.1. The minimum absolute atomic E-state index is 0.606. The number of hydrogen-bond acceptors (Lipinski definition) is 1. The number of aliphatic hydroxyl groups is 1. The Labute approximate surface area is 95.3 Å². The van der Waals surface area contributed by atoms with Crippen LogP contribution in [0.5, 0.6) is 0 Å². The van der Waals surface area contributed by atoms with Gasteiger partial charge in [0.15, 0.2) is 0 Å². The highest BCUT2D eigenvalue weighted by molar-refractivity contribution is 5.87. The number of para-hydroxylation sites is 1. The minimum Gasteiger partial charge on any atom is -0.386 e. The van der Waals surface area contributed by atoms with E-state index in [9.17, 15) is 5.11 Å². The molecule has 16 heavy (non-hydrogen) atoms. The Bertz CT molecular complexity index is 552. The van der Waals surface area contributed by atoms with Gasteiger partial charge in [0.1, 0.15) is 0 Å². The van der Waals surface area contributed by atoms with Crippen molar-refractivity contribution >= 4 is 10.9 Å². The molecule has 1 heterocycles. The van der Waals surface area contributed by atoms with Crippen LogP contribution < -0.4 is 0 Å². The summed E-state index contributed by atoms with van der Waals surface area (Å²) >= 11 is 0. The number of terminal acetylenes is 1. The van der Waals surface area contributed by atoms with Crippen LogP contribution in [0, 0.1) is 12.3 Å². The van der Waals surface area contributed by atoms with Crippen molar-refractivity contribution in [2.75, 3.05) is 0 Å². The molecule has 0 aliphatic carbocycles. The summed E-state index contributed by atoms with van der Waals surface area (Å²) in [6.07, 6.45) is 7.84. The molecule has 2 aromatic rings. The van der Waals surface area contributed by atoms with Gasteiger partial charge >= 0.3 is 0 Å². The van der Waals surface area contributed by atoms with Gasteiger partial charge in [0.2, 0.25) is 0 Å². The Kier molecular flexibility index (Phi) is 2.49. The van der Waals surface area contributed by atoms with Crippen molar-refractivity contribution in [3.63, 3.8) is 0 Å². The van der Waals surface area contributed by atoms with Crippen LogP contribution in [0.2, 0.25) is 0 Å². The average Bonchev–Trinajstić information content (AvgIpc) is 2.61. The fraction of sp³-hybridized carbons (Fsp3) is 0.286. The van der Waals surface area contributed by atoms with Crippen LogP contribution in [0.25, 0.3) is 10.9 Å². The molecule has 0 radical (unpaired) electrons. The lowest BCUT2D eigenvalue weighted by Crippen LogP contribution is -2.15. The maximum Gasteiger partial charge on any atom is 0.0860 e. The molecule has 0 saturated heterocycles. The highest BCUT2D eigenvalue weighted by atomic mass is 16.3. The molecule has 1 aromatic heterocycles. The number of hydrogen-bond donors (Lipinski definition) is 2. The molecule has 0 bridgehead atoms. The van der Waals surface area contributed by atoms with E-state index in [1.165, 1.54) is 0 Å². The zero-order chi connectivity index (χ0) is 11.8. The number of nitrogens with one attached hydrogen (secondary N) is 1. The molecule has 0 fully saturated rings. The number of aromatic amines is 1. The molecule has 2 rings (SSSR count). The fourth-order valence-electron chi connectivity index (χ4n) is 1.98. The summed E-state index contributed by atoms with van der Waals surface area (Å²) in [5.74, 6) is 2.64. The number of aromatic nitrogens is 1. The highest BCUT2D eigenvalue weighted by Crippen LogP contribution is 2.29. The molecule has 82 valence electrons. The van der Waals surface area contributed by atoms with E-state index in [0.29, 0.717) is 6.42 Å². The second-order valence-corrected chi connectivity index (χ2v) is 4.48. The maximum atomic E-state index is 10.1. The lowest BCUT2D eigenvalue weighted by atomic mass is 9.95. The molecule has 0 spiro atoms. The molecule has 0 atom stereocenters. The quantitative estimate of drug-likeness (QED) is 0.739. The first-order chi connectivity index (χ1) is 7.54. The Balaban J connectivity index is 2.68. The van der Waals surface area contributed by atoms with E-state index >= 15 is 0 Å². The van der Waals surface area contributed by atoms with E-state index in [2.05, 4.69) is 10.9 Å². The van der Waals surface area contributed by atoms with Gasteiger partial charge in [0.05, 0.1) is 11.1 Å². The first-order valence-corrected chi connectivity index (χ1v) is 5.29. The van der Waals surface area contributed by atoms with Crippen LogP contribution in [0.3, 0.4) is 0 Å². The molecule has 2 heteroatoms. The summed E-state index contributed by atoms with van der Waals surface area (Å²) < 4.78 is 0. The molecular formula is C14H15NO. The van der Waals surface area contributed by atoms with E-state index in [0.717, 1.165) is 22.0 Å². The van der Waals surface area contributed by atoms with Crippen molar-refractivity contribution < 1.29 is 5.11 Å². The molecule has 1 aromatic carbocycles. The summed E-state index contributed by atoms with van der Waals surface area (Å²) in [6, 6.07) is 5.90. The summed E-state index contributed by atoms with van der Waals surface area (Å²) in [7, 11) is 0. The highest BCUT2D eigenvalue weighted by Gasteiger charge is 2.20. The third-order valence-corrected chi connectivity index (χ3v) is 2.75. The first-order valence-electron chi connectivity index (χ1n) is 5.29. The lowest BCUT2D eigenvalue weighted by molar-refractivity contribution is 0.0800. The number of rotatable bonds is 2. The van der Waals surface area contributed by atoms with Crippen molar-refractivity contribution in [3.05, 3.63) is 35.5 Å². The Morgan fingerprint density at radius 3 is 2.81 bits per heavy atom. The molecule has 0 aliphatic rings. The van der Waals surface area contributed by atoms with Crippen LogP contribution in [0.1, 0.15) is 25.0 Å². The van der Waals surface area contributed by atoms with Gasteiger partial charge in [-0.1, -0.05) is 18.2 Å².